The van der Waals surface area contributed by atoms with Crippen LogP contribution in [0.5, 0.6) is 0 Å². The van der Waals surface area contributed by atoms with Crippen LogP contribution in [0, 0.1) is 0 Å². The van der Waals surface area contributed by atoms with Crippen molar-refractivity contribution in [3.05, 3.63) is 35.9 Å². The molecule has 3 N–H and O–H groups in total. The van der Waals surface area contributed by atoms with Gasteiger partial charge in [0.15, 0.2) is 0 Å². The summed E-state index contributed by atoms with van der Waals surface area (Å²) in [6.45, 7) is 2.02. The van der Waals surface area contributed by atoms with Gasteiger partial charge in [0.05, 0.1) is 6.54 Å². The van der Waals surface area contributed by atoms with Crippen LogP contribution >= 0.6 is 0 Å². The largest absolute Gasteiger partial charge is 0.338 e. The molecule has 0 aliphatic carbocycles. The van der Waals surface area contributed by atoms with Gasteiger partial charge < -0.3 is 10.6 Å². The van der Waals surface area contributed by atoms with Crippen LogP contribution in [0.1, 0.15) is 33.1 Å². The van der Waals surface area contributed by atoms with Crippen molar-refractivity contribution in [2.24, 2.45) is 0 Å². The molecule has 116 valence electrons. The number of carbonyl (C=O) groups is 2. The number of hydrogen-bond acceptors (Lipinski definition) is 3. The van der Waals surface area contributed by atoms with Crippen LogP contribution in [0.3, 0.4) is 0 Å². The molecule has 0 aromatic heterocycles. The van der Waals surface area contributed by atoms with E-state index in [1.165, 1.54) is 0 Å². The summed E-state index contributed by atoms with van der Waals surface area (Å²) in [4.78, 5) is 23.0. The fraction of sp³-hybridized carbons (Fsp3) is 0.500. The van der Waals surface area contributed by atoms with Gasteiger partial charge in [-0.05, 0) is 24.9 Å². The molecule has 0 bridgehead atoms. The highest BCUT2D eigenvalue weighted by Crippen LogP contribution is 1.97. The molecule has 0 saturated heterocycles. The van der Waals surface area contributed by atoms with Crippen molar-refractivity contribution < 1.29 is 11.0 Å². The lowest BCUT2D eigenvalue weighted by molar-refractivity contribution is -0.119. The van der Waals surface area contributed by atoms with Crippen LogP contribution in [0.15, 0.2) is 30.3 Å². The predicted octanol–water partition coefficient (Wildman–Crippen LogP) is 1.83. The van der Waals surface area contributed by atoms with Crippen LogP contribution in [-0.2, 0) is 11.2 Å². The van der Waals surface area contributed by atoms with Crippen LogP contribution in [-0.4, -0.2) is 31.5 Å². The molecule has 0 aliphatic rings. The van der Waals surface area contributed by atoms with E-state index in [0.29, 0.717) is 13.0 Å². The predicted molar refractivity (Wildman–Crippen MR) is 84.1 cm³/mol. The molecule has 1 aromatic carbocycles. The highest BCUT2D eigenvalue weighted by molar-refractivity contribution is 5.95. The molecule has 0 radical (unpaired) electrons. The van der Waals surface area contributed by atoms with Crippen molar-refractivity contribution in [1.82, 2.24) is 16.0 Å². The van der Waals surface area contributed by atoms with Gasteiger partial charge in [0.25, 0.3) is 0 Å². The standard InChI is InChI=1S/C16H25N3O2/c1-2-3-7-11-18-16(21)19-15(20)13-17-12-10-14-8-5-4-6-9-14/h4-6,8-9,17H,2-3,7,10-13H2,1H3,(H2,18,19,20,21)/i12D/t12-/m1/s1. The first-order valence-corrected chi connectivity index (χ1v) is 7.39. The summed E-state index contributed by atoms with van der Waals surface area (Å²) < 4.78 is 7.85. The van der Waals surface area contributed by atoms with E-state index in [4.69, 9.17) is 1.37 Å². The SMILES string of the molecule is [2H][C@H](Cc1ccccc1)NCC(=O)NC(=O)NCCCCC. The summed E-state index contributed by atoms with van der Waals surface area (Å²) in [5, 5.41) is 7.66. The number of benzene rings is 1. The minimum atomic E-state index is -0.583. The Labute approximate surface area is 127 Å². The van der Waals surface area contributed by atoms with Crippen LogP contribution < -0.4 is 16.0 Å². The molecule has 0 fully saturated rings. The number of rotatable bonds is 9. The van der Waals surface area contributed by atoms with E-state index in [1.54, 1.807) is 0 Å². The average molecular weight is 292 g/mol. The summed E-state index contributed by atoms with van der Waals surface area (Å²) in [6, 6.07) is 9.14. The van der Waals surface area contributed by atoms with E-state index in [1.807, 2.05) is 30.3 Å². The third kappa shape index (κ3) is 8.81. The van der Waals surface area contributed by atoms with Gasteiger partial charge >= 0.3 is 6.03 Å². The van der Waals surface area contributed by atoms with Crippen molar-refractivity contribution in [2.75, 3.05) is 19.6 Å². The number of amides is 3. The molecule has 0 aliphatic heterocycles. The Morgan fingerprint density at radius 2 is 1.95 bits per heavy atom. The van der Waals surface area contributed by atoms with Gasteiger partial charge in [0.2, 0.25) is 5.91 Å². The lowest BCUT2D eigenvalue weighted by Crippen LogP contribution is -2.43. The highest BCUT2D eigenvalue weighted by Gasteiger charge is 2.05. The maximum atomic E-state index is 11.6. The van der Waals surface area contributed by atoms with Gasteiger partial charge in [0, 0.05) is 7.92 Å². The lowest BCUT2D eigenvalue weighted by Gasteiger charge is -2.07. The zero-order valence-electron chi connectivity index (χ0n) is 13.5. The number of unbranched alkanes of at least 4 members (excludes halogenated alkanes) is 2. The molecule has 0 spiro atoms. The van der Waals surface area contributed by atoms with Gasteiger partial charge in [-0.3, -0.25) is 10.1 Å². The molecule has 1 atom stereocenters. The minimum absolute atomic E-state index is 0.0522. The maximum absolute atomic E-state index is 11.6. The monoisotopic (exact) mass is 292 g/mol. The third-order valence-corrected chi connectivity index (χ3v) is 2.91. The van der Waals surface area contributed by atoms with Crippen LogP contribution in [0.4, 0.5) is 4.79 Å². The van der Waals surface area contributed by atoms with E-state index in [9.17, 15) is 9.59 Å². The zero-order chi connectivity index (χ0) is 16.2. The number of nitrogens with one attached hydrogen (secondary N) is 3. The summed E-state index contributed by atoms with van der Waals surface area (Å²) in [6.07, 6.45) is 3.55. The van der Waals surface area contributed by atoms with E-state index >= 15 is 0 Å². The number of imide groups is 1. The number of aryl methyl sites for hydroxylation is 1. The van der Waals surface area contributed by atoms with Crippen molar-refractivity contribution in [1.29, 1.82) is 0 Å². The topological polar surface area (TPSA) is 70.2 Å². The molecule has 0 saturated carbocycles. The Bertz CT molecular complexity index is 454. The van der Waals surface area contributed by atoms with Crippen molar-refractivity contribution >= 4 is 11.9 Å². The second-order valence-electron chi connectivity index (χ2n) is 4.79. The molecule has 3 amide bonds. The maximum Gasteiger partial charge on any atom is 0.321 e. The Kier molecular flexibility index (Phi) is 8.02. The lowest BCUT2D eigenvalue weighted by atomic mass is 10.1. The average Bonchev–Trinajstić information content (AvgIpc) is 2.50. The Morgan fingerprint density at radius 3 is 2.67 bits per heavy atom. The van der Waals surface area contributed by atoms with E-state index < -0.39 is 18.5 Å². The Balaban J connectivity index is 2.15. The first-order valence-electron chi connectivity index (χ1n) is 7.96. The van der Waals surface area contributed by atoms with Crippen molar-refractivity contribution in [2.45, 2.75) is 32.6 Å². The molecule has 5 heteroatoms. The molecule has 0 unspecified atom stereocenters. The molecule has 5 nitrogen and oxygen atoms in total. The summed E-state index contributed by atoms with van der Waals surface area (Å²) in [7, 11) is 0. The normalized spacial score (nSPS) is 12.3. The van der Waals surface area contributed by atoms with Crippen molar-refractivity contribution in [3.63, 3.8) is 0 Å². The Hall–Kier alpha value is -1.88. The second kappa shape index (κ2) is 10.9. The molecule has 1 rings (SSSR count). The van der Waals surface area contributed by atoms with Gasteiger partial charge in [0.1, 0.15) is 0 Å². The molecule has 21 heavy (non-hydrogen) atoms. The summed E-state index contributed by atoms with van der Waals surface area (Å²) in [5.41, 5.74) is 1.03. The van der Waals surface area contributed by atoms with Gasteiger partial charge in [-0.15, -0.1) is 0 Å². The number of carbonyl (C=O) groups excluding carboxylic acids is 2. The quantitative estimate of drug-likeness (QED) is 0.608. The number of urea groups is 1. The van der Waals surface area contributed by atoms with Crippen molar-refractivity contribution in [3.8, 4) is 0 Å². The molecule has 0 heterocycles. The fourth-order valence-corrected chi connectivity index (χ4v) is 1.76. The highest BCUT2D eigenvalue weighted by atomic mass is 16.2. The molecule has 1 aromatic rings. The van der Waals surface area contributed by atoms with E-state index in [0.717, 1.165) is 24.8 Å². The number of hydrogen-bond donors (Lipinski definition) is 3. The van der Waals surface area contributed by atoms with E-state index in [-0.39, 0.29) is 6.54 Å². The summed E-state index contributed by atoms with van der Waals surface area (Å²) in [5.74, 6) is -0.432. The van der Waals surface area contributed by atoms with Gasteiger partial charge in [-0.2, -0.15) is 0 Å². The first kappa shape index (κ1) is 15.5. The Morgan fingerprint density at radius 1 is 1.19 bits per heavy atom. The zero-order valence-corrected chi connectivity index (χ0v) is 12.5. The fourth-order valence-electron chi connectivity index (χ4n) is 1.76. The third-order valence-electron chi connectivity index (χ3n) is 2.91. The molecular formula is C16H25N3O2. The summed E-state index contributed by atoms with van der Waals surface area (Å²) >= 11 is 0. The first-order chi connectivity index (χ1) is 10.6. The van der Waals surface area contributed by atoms with Crippen LogP contribution in [0.25, 0.3) is 0 Å². The second-order valence-corrected chi connectivity index (χ2v) is 4.79. The van der Waals surface area contributed by atoms with Gasteiger partial charge in [-0.1, -0.05) is 50.1 Å². The smallest absolute Gasteiger partial charge is 0.321 e. The minimum Gasteiger partial charge on any atom is -0.338 e. The van der Waals surface area contributed by atoms with Gasteiger partial charge in [-0.25, -0.2) is 4.79 Å². The van der Waals surface area contributed by atoms with Crippen LogP contribution in [0.2, 0.25) is 0 Å². The van der Waals surface area contributed by atoms with E-state index in [2.05, 4.69) is 22.9 Å². The molecular weight excluding hydrogens is 266 g/mol.